The van der Waals surface area contributed by atoms with E-state index in [0.717, 1.165) is 0 Å². The Morgan fingerprint density at radius 1 is 1.23 bits per heavy atom. The van der Waals surface area contributed by atoms with E-state index >= 15 is 0 Å². The Morgan fingerprint density at radius 2 is 1.77 bits per heavy atom. The monoisotopic (exact) mass is 258 g/mol. The van der Waals surface area contributed by atoms with Crippen molar-refractivity contribution in [2.45, 2.75) is 29.1 Å². The molecule has 13 heavy (non-hydrogen) atoms. The second-order valence-corrected chi connectivity index (χ2v) is 4.01. The summed E-state index contributed by atoms with van der Waals surface area (Å²) < 4.78 is 2.54. The highest BCUT2D eigenvalue weighted by molar-refractivity contribution is 9.10. The molecular formula is C6H11BrO6. The Morgan fingerprint density at radius 3 is 2.23 bits per heavy atom. The summed E-state index contributed by atoms with van der Waals surface area (Å²) in [6.45, 7) is -0.571. The number of rotatable bonds is 1. The molecule has 1 heterocycles. The molecule has 1 saturated heterocycles. The van der Waals surface area contributed by atoms with Crippen LogP contribution in [0.1, 0.15) is 0 Å². The molecule has 78 valence electrons. The lowest BCUT2D eigenvalue weighted by Gasteiger charge is -2.42. The van der Waals surface area contributed by atoms with E-state index < -0.39 is 35.7 Å². The van der Waals surface area contributed by atoms with Crippen LogP contribution in [-0.2, 0) is 4.74 Å². The number of halogens is 1. The molecule has 1 aliphatic rings. The average molecular weight is 259 g/mol. The van der Waals surface area contributed by atoms with E-state index in [1.807, 2.05) is 0 Å². The number of hydrogen-bond donors (Lipinski definition) is 5. The van der Waals surface area contributed by atoms with Gasteiger partial charge < -0.3 is 30.3 Å². The lowest BCUT2D eigenvalue weighted by atomic mass is 9.99. The van der Waals surface area contributed by atoms with E-state index in [1.165, 1.54) is 0 Å². The molecule has 0 aromatic carbocycles. The van der Waals surface area contributed by atoms with Gasteiger partial charge in [-0.05, 0) is 15.9 Å². The van der Waals surface area contributed by atoms with Crippen molar-refractivity contribution in [1.82, 2.24) is 0 Å². The minimum Gasteiger partial charge on any atom is -0.394 e. The van der Waals surface area contributed by atoms with Gasteiger partial charge in [-0.2, -0.15) is 0 Å². The lowest BCUT2D eigenvalue weighted by molar-refractivity contribution is -0.301. The van der Waals surface area contributed by atoms with Crippen LogP contribution in [-0.4, -0.2) is 61.3 Å². The summed E-state index contributed by atoms with van der Waals surface area (Å²) in [4.78, 5) is 0. The lowest BCUT2D eigenvalue weighted by Crippen LogP contribution is -2.62. The molecule has 7 heteroatoms. The SMILES string of the molecule is OCC1OC(O)(Br)C(O)C(O)C1O. The summed E-state index contributed by atoms with van der Waals surface area (Å²) in [5, 5.41) is 45.6. The van der Waals surface area contributed by atoms with Crippen molar-refractivity contribution in [2.75, 3.05) is 6.61 Å². The van der Waals surface area contributed by atoms with Gasteiger partial charge in [0, 0.05) is 0 Å². The zero-order valence-electron chi connectivity index (χ0n) is 6.54. The Hall–Kier alpha value is 0.240. The fraction of sp³-hybridized carbons (Fsp3) is 1.00. The summed E-state index contributed by atoms with van der Waals surface area (Å²) in [7, 11) is 0. The van der Waals surface area contributed by atoms with Crippen molar-refractivity contribution in [1.29, 1.82) is 0 Å². The molecule has 1 aliphatic heterocycles. The highest BCUT2D eigenvalue weighted by atomic mass is 79.9. The first-order valence-corrected chi connectivity index (χ1v) is 4.43. The van der Waals surface area contributed by atoms with Crippen LogP contribution < -0.4 is 0 Å². The molecule has 0 bridgehead atoms. The fourth-order valence-corrected chi connectivity index (χ4v) is 1.63. The van der Waals surface area contributed by atoms with Gasteiger partial charge in [-0.1, -0.05) is 0 Å². The number of alkyl halides is 1. The van der Waals surface area contributed by atoms with Gasteiger partial charge in [0.2, 0.25) is 0 Å². The van der Waals surface area contributed by atoms with Gasteiger partial charge >= 0.3 is 0 Å². The average Bonchev–Trinajstić information content (AvgIpc) is 2.08. The van der Waals surface area contributed by atoms with Crippen molar-refractivity contribution >= 4 is 15.9 Å². The second-order valence-electron chi connectivity index (χ2n) is 2.87. The van der Waals surface area contributed by atoms with Crippen LogP contribution in [0.4, 0.5) is 0 Å². The molecule has 6 nitrogen and oxygen atoms in total. The Labute approximate surface area is 82.5 Å². The normalized spacial score (nSPS) is 52.2. The molecule has 0 spiro atoms. The van der Waals surface area contributed by atoms with Crippen LogP contribution in [0.5, 0.6) is 0 Å². The maximum absolute atomic E-state index is 9.29. The molecule has 5 N–H and O–H groups in total. The van der Waals surface area contributed by atoms with Crippen molar-refractivity contribution in [3.05, 3.63) is 0 Å². The van der Waals surface area contributed by atoms with E-state index in [9.17, 15) is 20.4 Å². The zero-order valence-corrected chi connectivity index (χ0v) is 8.12. The molecule has 0 saturated carbocycles. The standard InChI is InChI=1S/C6H11BrO6/c7-6(12)5(11)4(10)3(9)2(1-8)13-6/h2-5,8-12H,1H2. The summed E-state index contributed by atoms with van der Waals surface area (Å²) in [5.41, 5.74) is 0. The Kier molecular flexibility index (Phi) is 3.29. The van der Waals surface area contributed by atoms with Gasteiger partial charge in [0.25, 0.3) is 4.70 Å². The van der Waals surface area contributed by atoms with E-state index in [1.54, 1.807) is 0 Å². The minimum atomic E-state index is -2.14. The van der Waals surface area contributed by atoms with Crippen LogP contribution in [0.15, 0.2) is 0 Å². The van der Waals surface area contributed by atoms with Gasteiger partial charge in [-0.3, -0.25) is 0 Å². The van der Waals surface area contributed by atoms with E-state index in [-0.39, 0.29) is 0 Å². The summed E-state index contributed by atoms with van der Waals surface area (Å²) in [6, 6.07) is 0. The van der Waals surface area contributed by atoms with Crippen LogP contribution in [0.25, 0.3) is 0 Å². The smallest absolute Gasteiger partial charge is 0.254 e. The Balaban J connectivity index is 2.79. The third-order valence-electron chi connectivity index (χ3n) is 1.92. The van der Waals surface area contributed by atoms with Crippen molar-refractivity contribution in [3.8, 4) is 0 Å². The summed E-state index contributed by atoms with van der Waals surface area (Å²) in [6.07, 6.45) is -5.82. The number of ether oxygens (including phenoxy) is 1. The molecule has 1 fully saturated rings. The maximum atomic E-state index is 9.29. The largest absolute Gasteiger partial charge is 0.394 e. The van der Waals surface area contributed by atoms with E-state index in [0.29, 0.717) is 0 Å². The Bertz CT molecular complexity index is 184. The third-order valence-corrected chi connectivity index (χ3v) is 2.57. The van der Waals surface area contributed by atoms with E-state index in [2.05, 4.69) is 20.7 Å². The first-order chi connectivity index (χ1) is 5.90. The van der Waals surface area contributed by atoms with Crippen molar-refractivity contribution in [3.63, 3.8) is 0 Å². The molecule has 5 atom stereocenters. The van der Waals surface area contributed by atoms with Gasteiger partial charge in [0.1, 0.15) is 24.4 Å². The maximum Gasteiger partial charge on any atom is 0.254 e. The third kappa shape index (κ3) is 2.01. The number of aliphatic hydroxyl groups is 5. The first kappa shape index (κ1) is 11.3. The fourth-order valence-electron chi connectivity index (χ4n) is 1.11. The second kappa shape index (κ2) is 3.77. The van der Waals surface area contributed by atoms with Crippen LogP contribution in [0.2, 0.25) is 0 Å². The van der Waals surface area contributed by atoms with Crippen LogP contribution >= 0.6 is 15.9 Å². The summed E-state index contributed by atoms with van der Waals surface area (Å²) >= 11 is 2.61. The number of hydrogen-bond acceptors (Lipinski definition) is 6. The van der Waals surface area contributed by atoms with Crippen LogP contribution in [0, 0.1) is 0 Å². The molecular weight excluding hydrogens is 248 g/mol. The topological polar surface area (TPSA) is 110 Å². The first-order valence-electron chi connectivity index (χ1n) is 3.64. The molecule has 0 radical (unpaired) electrons. The van der Waals surface area contributed by atoms with Crippen molar-refractivity contribution < 1.29 is 30.3 Å². The predicted molar refractivity (Wildman–Crippen MR) is 43.9 cm³/mol. The van der Waals surface area contributed by atoms with Crippen molar-refractivity contribution in [2.24, 2.45) is 0 Å². The minimum absolute atomic E-state index is 0.571. The summed E-state index contributed by atoms with van der Waals surface area (Å²) in [5.74, 6) is 0. The highest BCUT2D eigenvalue weighted by Gasteiger charge is 2.51. The molecule has 0 amide bonds. The molecule has 0 aromatic rings. The van der Waals surface area contributed by atoms with Crippen LogP contribution in [0.3, 0.4) is 0 Å². The van der Waals surface area contributed by atoms with Gasteiger partial charge in [-0.15, -0.1) is 0 Å². The highest BCUT2D eigenvalue weighted by Crippen LogP contribution is 2.32. The molecule has 5 unspecified atom stereocenters. The quantitative estimate of drug-likeness (QED) is 0.333. The van der Waals surface area contributed by atoms with Gasteiger partial charge in [0.15, 0.2) is 0 Å². The van der Waals surface area contributed by atoms with E-state index in [4.69, 9.17) is 5.11 Å². The predicted octanol–water partition coefficient (Wildman–Crippen LogP) is -2.50. The van der Waals surface area contributed by atoms with Gasteiger partial charge in [-0.25, -0.2) is 0 Å². The van der Waals surface area contributed by atoms with Gasteiger partial charge in [0.05, 0.1) is 6.61 Å². The molecule has 0 aromatic heterocycles. The molecule has 1 rings (SSSR count). The zero-order chi connectivity index (χ0) is 10.2. The number of aliphatic hydroxyl groups excluding tert-OH is 4. The molecule has 0 aliphatic carbocycles.